The number of hydrogen-bond acceptors (Lipinski definition) is 4. The van der Waals surface area contributed by atoms with Gasteiger partial charge in [-0.2, -0.15) is 23.1 Å². The van der Waals surface area contributed by atoms with Crippen LogP contribution < -0.4 is 10.6 Å². The molecule has 1 aromatic heterocycles. The fraction of sp³-hybridized carbons (Fsp3) is 0.600. The summed E-state index contributed by atoms with van der Waals surface area (Å²) in [6.45, 7) is -0.844. The van der Waals surface area contributed by atoms with Gasteiger partial charge in [-0.3, -0.25) is 10.1 Å². The minimum Gasteiger partial charge on any atom is -0.354 e. The Labute approximate surface area is 118 Å². The minimum absolute atomic E-state index is 0.136. The molecule has 8 nitrogen and oxygen atoms in total. The first-order valence-corrected chi connectivity index (χ1v) is 5.89. The van der Waals surface area contributed by atoms with Crippen molar-refractivity contribution < 1.29 is 22.8 Å². The number of halogens is 3. The molecule has 0 bridgehead atoms. The van der Waals surface area contributed by atoms with Gasteiger partial charge in [0.25, 0.3) is 0 Å². The van der Waals surface area contributed by atoms with Gasteiger partial charge in [0, 0.05) is 20.6 Å². The molecular formula is C10H15F3N6O2. The van der Waals surface area contributed by atoms with Crippen LogP contribution in [0.25, 0.3) is 0 Å². The number of hydrogen-bond donors (Lipinski definition) is 2. The number of nitrogens with zero attached hydrogens (tertiary/aromatic N) is 4. The number of urea groups is 1. The van der Waals surface area contributed by atoms with E-state index < -0.39 is 31.1 Å². The average molecular weight is 308 g/mol. The standard InChI is InChI=1S/C10H15F3N6O2/c1-18(2)9(21)16-7-5-15-19(17-7)6-8(20)14-4-3-10(11,12)13/h5H,3-4,6H2,1-2H3,(H,14,20)(H,16,17,21). The molecule has 21 heavy (non-hydrogen) atoms. The number of amides is 3. The van der Waals surface area contributed by atoms with Gasteiger partial charge in [0.2, 0.25) is 5.91 Å². The molecule has 0 unspecified atom stereocenters. The molecule has 1 aromatic rings. The molecule has 0 aliphatic rings. The van der Waals surface area contributed by atoms with Crippen LogP contribution in [0.2, 0.25) is 0 Å². The van der Waals surface area contributed by atoms with Crippen LogP contribution in [-0.4, -0.2) is 58.6 Å². The van der Waals surface area contributed by atoms with Crippen molar-refractivity contribution in [2.45, 2.75) is 19.1 Å². The highest BCUT2D eigenvalue weighted by Gasteiger charge is 2.26. The Morgan fingerprint density at radius 3 is 2.62 bits per heavy atom. The van der Waals surface area contributed by atoms with Gasteiger partial charge in [0.1, 0.15) is 6.54 Å². The first-order chi connectivity index (χ1) is 9.67. The second-order valence-electron chi connectivity index (χ2n) is 4.30. The average Bonchev–Trinajstić information content (AvgIpc) is 2.74. The van der Waals surface area contributed by atoms with Crippen LogP contribution in [0.4, 0.5) is 23.8 Å². The maximum absolute atomic E-state index is 11.9. The zero-order chi connectivity index (χ0) is 16.0. The Morgan fingerprint density at radius 1 is 1.38 bits per heavy atom. The van der Waals surface area contributed by atoms with Gasteiger partial charge < -0.3 is 10.2 Å². The summed E-state index contributed by atoms with van der Waals surface area (Å²) in [5.74, 6) is -0.517. The zero-order valence-corrected chi connectivity index (χ0v) is 11.4. The Morgan fingerprint density at radius 2 is 2.05 bits per heavy atom. The molecule has 0 aliphatic heterocycles. The molecule has 1 heterocycles. The molecule has 0 saturated heterocycles. The van der Waals surface area contributed by atoms with Crippen LogP contribution in [-0.2, 0) is 11.3 Å². The maximum atomic E-state index is 11.9. The predicted molar refractivity (Wildman–Crippen MR) is 66.4 cm³/mol. The van der Waals surface area contributed by atoms with Crippen molar-refractivity contribution in [3.63, 3.8) is 0 Å². The van der Waals surface area contributed by atoms with Crippen molar-refractivity contribution in [3.05, 3.63) is 6.20 Å². The first kappa shape index (κ1) is 16.7. The summed E-state index contributed by atoms with van der Waals surface area (Å²) in [7, 11) is 3.07. The van der Waals surface area contributed by atoms with Crippen LogP contribution in [0.15, 0.2) is 6.20 Å². The summed E-state index contributed by atoms with van der Waals surface area (Å²) in [6, 6.07) is -0.420. The van der Waals surface area contributed by atoms with E-state index in [9.17, 15) is 22.8 Å². The number of nitrogens with one attached hydrogen (secondary N) is 2. The Bertz CT molecular complexity index is 499. The van der Waals surface area contributed by atoms with Gasteiger partial charge in [0.05, 0.1) is 12.6 Å². The molecule has 1 rings (SSSR count). The Hall–Kier alpha value is -2.33. The van der Waals surface area contributed by atoms with Gasteiger partial charge in [-0.1, -0.05) is 0 Å². The zero-order valence-electron chi connectivity index (χ0n) is 11.4. The van der Waals surface area contributed by atoms with Crippen molar-refractivity contribution in [2.75, 3.05) is 26.0 Å². The highest BCUT2D eigenvalue weighted by Crippen LogP contribution is 2.18. The third-order valence-corrected chi connectivity index (χ3v) is 2.19. The molecule has 11 heteroatoms. The fourth-order valence-corrected chi connectivity index (χ4v) is 1.18. The Kier molecular flexibility index (Phi) is 5.50. The van der Waals surface area contributed by atoms with Crippen molar-refractivity contribution in [1.29, 1.82) is 0 Å². The molecule has 0 atom stereocenters. The molecule has 0 aliphatic carbocycles. The van der Waals surface area contributed by atoms with Crippen LogP contribution in [0.1, 0.15) is 6.42 Å². The fourth-order valence-electron chi connectivity index (χ4n) is 1.18. The SMILES string of the molecule is CN(C)C(=O)Nc1cnn(CC(=O)NCCC(F)(F)F)n1. The number of anilines is 1. The van der Waals surface area contributed by atoms with E-state index in [2.05, 4.69) is 20.8 Å². The van der Waals surface area contributed by atoms with Gasteiger partial charge in [0.15, 0.2) is 5.82 Å². The molecular weight excluding hydrogens is 293 g/mol. The van der Waals surface area contributed by atoms with E-state index in [0.29, 0.717) is 0 Å². The molecule has 0 fully saturated rings. The summed E-state index contributed by atoms with van der Waals surface area (Å²) >= 11 is 0. The monoisotopic (exact) mass is 308 g/mol. The quantitative estimate of drug-likeness (QED) is 0.825. The first-order valence-electron chi connectivity index (χ1n) is 5.89. The van der Waals surface area contributed by atoms with E-state index in [1.807, 2.05) is 0 Å². The van der Waals surface area contributed by atoms with E-state index in [-0.39, 0.29) is 12.4 Å². The van der Waals surface area contributed by atoms with Crippen molar-refractivity contribution in [1.82, 2.24) is 25.2 Å². The smallest absolute Gasteiger partial charge is 0.354 e. The summed E-state index contributed by atoms with van der Waals surface area (Å²) in [5, 5.41) is 12.0. The van der Waals surface area contributed by atoms with E-state index >= 15 is 0 Å². The number of rotatable bonds is 5. The molecule has 0 spiro atoms. The maximum Gasteiger partial charge on any atom is 0.390 e. The Balaban J connectivity index is 2.40. The van der Waals surface area contributed by atoms with Crippen LogP contribution in [0.3, 0.4) is 0 Å². The van der Waals surface area contributed by atoms with Crippen LogP contribution in [0, 0.1) is 0 Å². The molecule has 2 N–H and O–H groups in total. The lowest BCUT2D eigenvalue weighted by atomic mass is 10.4. The van der Waals surface area contributed by atoms with Gasteiger partial charge in [-0.15, -0.1) is 5.10 Å². The predicted octanol–water partition coefficient (Wildman–Crippen LogP) is 0.440. The topological polar surface area (TPSA) is 92.2 Å². The number of carbonyl (C=O) groups is 2. The lowest BCUT2D eigenvalue weighted by molar-refractivity contribution is -0.135. The number of aromatic nitrogens is 3. The third kappa shape index (κ3) is 6.58. The summed E-state index contributed by atoms with van der Waals surface area (Å²) in [5.41, 5.74) is 0. The highest BCUT2D eigenvalue weighted by atomic mass is 19.4. The van der Waals surface area contributed by atoms with Crippen LogP contribution >= 0.6 is 0 Å². The van der Waals surface area contributed by atoms with Crippen molar-refractivity contribution >= 4 is 17.8 Å². The van der Waals surface area contributed by atoms with E-state index in [4.69, 9.17) is 0 Å². The molecule has 0 aromatic carbocycles. The molecule has 3 amide bonds. The number of alkyl halides is 3. The largest absolute Gasteiger partial charge is 0.390 e. The summed E-state index contributed by atoms with van der Waals surface area (Å²) in [4.78, 5) is 24.9. The second-order valence-corrected chi connectivity index (χ2v) is 4.30. The summed E-state index contributed by atoms with van der Waals surface area (Å²) < 4.78 is 35.7. The number of carbonyl (C=O) groups excluding carboxylic acids is 2. The van der Waals surface area contributed by atoms with Crippen LogP contribution in [0.5, 0.6) is 0 Å². The highest BCUT2D eigenvalue weighted by molar-refractivity contribution is 5.87. The van der Waals surface area contributed by atoms with Gasteiger partial charge >= 0.3 is 12.2 Å². The van der Waals surface area contributed by atoms with Crippen molar-refractivity contribution in [3.8, 4) is 0 Å². The normalized spacial score (nSPS) is 11.1. The lowest BCUT2D eigenvalue weighted by Crippen LogP contribution is -2.31. The third-order valence-electron chi connectivity index (χ3n) is 2.19. The molecule has 0 saturated carbocycles. The van der Waals surface area contributed by atoms with E-state index in [1.54, 1.807) is 0 Å². The molecule has 0 radical (unpaired) electrons. The van der Waals surface area contributed by atoms with E-state index in [1.165, 1.54) is 25.2 Å². The second kappa shape index (κ2) is 6.90. The van der Waals surface area contributed by atoms with Gasteiger partial charge in [-0.25, -0.2) is 4.79 Å². The lowest BCUT2D eigenvalue weighted by Gasteiger charge is -2.09. The van der Waals surface area contributed by atoms with Gasteiger partial charge in [-0.05, 0) is 0 Å². The molecule has 118 valence electrons. The summed E-state index contributed by atoms with van der Waals surface area (Å²) in [6.07, 6.45) is -4.19. The van der Waals surface area contributed by atoms with Crippen molar-refractivity contribution in [2.24, 2.45) is 0 Å². The van der Waals surface area contributed by atoms with E-state index in [0.717, 1.165) is 4.80 Å². The minimum atomic E-state index is -4.32.